The third-order valence-corrected chi connectivity index (χ3v) is 7.70. The van der Waals surface area contributed by atoms with Gasteiger partial charge in [0.2, 0.25) is 5.78 Å². The number of amides is 1. The van der Waals surface area contributed by atoms with E-state index in [4.69, 9.17) is 9.47 Å². The molecule has 3 aliphatic rings. The molecule has 3 atom stereocenters. The fourth-order valence-corrected chi connectivity index (χ4v) is 5.35. The zero-order chi connectivity index (χ0) is 29.3. The van der Waals surface area contributed by atoms with Crippen LogP contribution in [0.25, 0.3) is 0 Å². The van der Waals surface area contributed by atoms with Gasteiger partial charge in [-0.2, -0.15) is 0 Å². The number of allylic oxidation sites excluding steroid dienone is 8. The minimum atomic E-state index is -0.823. The number of hydrogen-bond donors (Lipinski definition) is 0. The number of nitrogens with zero attached hydrogens (tertiary/aromatic N) is 1. The van der Waals surface area contributed by atoms with Gasteiger partial charge in [-0.05, 0) is 70.6 Å². The third kappa shape index (κ3) is 11.7. The molecule has 0 aromatic heterocycles. The van der Waals surface area contributed by atoms with E-state index in [-0.39, 0.29) is 37.1 Å². The van der Waals surface area contributed by atoms with E-state index in [1.807, 2.05) is 30.4 Å². The summed E-state index contributed by atoms with van der Waals surface area (Å²) in [7, 11) is 0. The number of rotatable bonds is 0. The van der Waals surface area contributed by atoms with Crippen molar-refractivity contribution < 1.29 is 33.4 Å². The van der Waals surface area contributed by atoms with Crippen molar-refractivity contribution in [3.05, 3.63) is 48.6 Å². The highest BCUT2D eigenvalue weighted by molar-refractivity contribution is 6.38. The Morgan fingerprint density at radius 2 is 1.46 bits per heavy atom. The molecule has 0 spiro atoms. The largest absolute Gasteiger partial charge is 0.464 e. The number of carbonyl (C=O) groups excluding carboxylic acids is 5. The molecule has 0 saturated carbocycles. The normalized spacial score (nSPS) is 27.5. The summed E-state index contributed by atoms with van der Waals surface area (Å²) in [6, 6.07) is -0.823. The molecule has 0 aliphatic carbocycles. The van der Waals surface area contributed by atoms with Crippen LogP contribution in [-0.2, 0) is 33.4 Å². The van der Waals surface area contributed by atoms with E-state index in [1.165, 1.54) is 4.90 Å². The molecule has 41 heavy (non-hydrogen) atoms. The fraction of sp³-hybridized carbons (Fsp3) is 0.606. The van der Waals surface area contributed by atoms with Gasteiger partial charge in [0, 0.05) is 32.2 Å². The summed E-state index contributed by atoms with van der Waals surface area (Å²) >= 11 is 0. The van der Waals surface area contributed by atoms with Crippen molar-refractivity contribution in [2.24, 2.45) is 0 Å². The van der Waals surface area contributed by atoms with Gasteiger partial charge in [-0.25, -0.2) is 4.79 Å². The van der Waals surface area contributed by atoms with E-state index in [9.17, 15) is 24.0 Å². The maximum absolute atomic E-state index is 13.2. The van der Waals surface area contributed by atoms with Gasteiger partial charge >= 0.3 is 5.97 Å². The number of ketones is 3. The van der Waals surface area contributed by atoms with E-state index in [0.717, 1.165) is 44.9 Å². The third-order valence-electron chi connectivity index (χ3n) is 7.70. The average molecular weight is 568 g/mol. The summed E-state index contributed by atoms with van der Waals surface area (Å²) in [6.45, 7) is 0.252. The number of ether oxygens (including phenoxy) is 2. The Morgan fingerprint density at radius 1 is 0.659 bits per heavy atom. The first-order chi connectivity index (χ1) is 20.0. The molecule has 3 aliphatic heterocycles. The van der Waals surface area contributed by atoms with Crippen molar-refractivity contribution in [3.8, 4) is 0 Å². The SMILES string of the molecule is O=C1CC=CCCC(=O)CCCC=CC=CC=CCCC2CCCC(O2)C(=O)C(=O)N2CCCCC2C(=O)OCC1. The van der Waals surface area contributed by atoms with Gasteiger partial charge in [0.1, 0.15) is 23.7 Å². The smallest absolute Gasteiger partial charge is 0.328 e. The lowest BCUT2D eigenvalue weighted by molar-refractivity contribution is -0.164. The quantitative estimate of drug-likeness (QED) is 0.222. The van der Waals surface area contributed by atoms with Crippen molar-refractivity contribution in [2.45, 2.75) is 115 Å². The van der Waals surface area contributed by atoms with Crippen LogP contribution in [0.4, 0.5) is 0 Å². The van der Waals surface area contributed by atoms with E-state index in [1.54, 1.807) is 6.08 Å². The van der Waals surface area contributed by atoms with Crippen molar-refractivity contribution in [1.29, 1.82) is 0 Å². The lowest BCUT2D eigenvalue weighted by Crippen LogP contribution is -2.53. The second-order valence-electron chi connectivity index (χ2n) is 11.0. The van der Waals surface area contributed by atoms with Gasteiger partial charge in [0.05, 0.1) is 12.7 Å². The Kier molecular flexibility index (Phi) is 14.5. The first kappa shape index (κ1) is 32.4. The number of Topliss-reactive ketones (excluding diaryl/α,β-unsaturated/α-hetero) is 3. The highest BCUT2D eigenvalue weighted by atomic mass is 16.5. The lowest BCUT2D eigenvalue weighted by Gasteiger charge is -2.35. The monoisotopic (exact) mass is 567 g/mol. The number of esters is 1. The predicted molar refractivity (Wildman–Crippen MR) is 156 cm³/mol. The zero-order valence-corrected chi connectivity index (χ0v) is 24.2. The Morgan fingerprint density at radius 3 is 2.29 bits per heavy atom. The van der Waals surface area contributed by atoms with Gasteiger partial charge < -0.3 is 14.4 Å². The molecule has 2 fully saturated rings. The van der Waals surface area contributed by atoms with Gasteiger partial charge in [0.25, 0.3) is 5.91 Å². The highest BCUT2D eigenvalue weighted by Gasteiger charge is 2.40. The van der Waals surface area contributed by atoms with Gasteiger partial charge in [-0.1, -0.05) is 48.6 Å². The average Bonchev–Trinajstić information content (AvgIpc) is 2.98. The van der Waals surface area contributed by atoms with E-state index < -0.39 is 29.8 Å². The van der Waals surface area contributed by atoms with Crippen molar-refractivity contribution in [2.75, 3.05) is 13.2 Å². The van der Waals surface area contributed by atoms with Crippen molar-refractivity contribution in [1.82, 2.24) is 4.90 Å². The molecule has 3 rings (SSSR count). The Hall–Kier alpha value is -3.13. The molecule has 0 radical (unpaired) electrons. The maximum Gasteiger partial charge on any atom is 0.328 e. The standard InChI is InChI=1S/C33H45NO7/c35-26-16-9-6-4-2-1-3-5-7-12-19-28-20-15-22-30(41-28)31(37)32(38)34-24-14-13-21-29(34)33(39)40-25-23-27(36)18-11-8-10-17-26/h1-5,7-8,11,28-30H,6,9-10,12-25H2. The molecule has 0 aromatic carbocycles. The van der Waals surface area contributed by atoms with Gasteiger partial charge in [-0.15, -0.1) is 0 Å². The summed E-state index contributed by atoms with van der Waals surface area (Å²) in [6.07, 6.45) is 23.9. The van der Waals surface area contributed by atoms with Crippen LogP contribution in [0.5, 0.6) is 0 Å². The summed E-state index contributed by atoms with van der Waals surface area (Å²) in [5.41, 5.74) is 0. The molecule has 2 bridgehead atoms. The molecule has 8 nitrogen and oxygen atoms in total. The second kappa shape index (κ2) is 18.3. The van der Waals surface area contributed by atoms with Crippen LogP contribution < -0.4 is 0 Å². The number of hydrogen-bond acceptors (Lipinski definition) is 7. The molecule has 0 N–H and O–H groups in total. The van der Waals surface area contributed by atoms with Crippen LogP contribution in [0.3, 0.4) is 0 Å². The number of cyclic esters (lactones) is 1. The molecule has 224 valence electrons. The fourth-order valence-electron chi connectivity index (χ4n) is 5.35. The summed E-state index contributed by atoms with van der Waals surface area (Å²) in [5, 5.41) is 0. The Bertz CT molecular complexity index is 1020. The van der Waals surface area contributed by atoms with Crippen LogP contribution in [0.2, 0.25) is 0 Å². The minimum absolute atomic E-state index is 0.0672. The summed E-state index contributed by atoms with van der Waals surface area (Å²) < 4.78 is 11.4. The Labute approximate surface area is 243 Å². The summed E-state index contributed by atoms with van der Waals surface area (Å²) in [4.78, 5) is 64.8. The van der Waals surface area contributed by atoms with Crippen LogP contribution in [0, 0.1) is 0 Å². The molecular formula is C33H45NO7. The van der Waals surface area contributed by atoms with Crippen molar-refractivity contribution in [3.63, 3.8) is 0 Å². The number of fused-ring (bicyclic) bond motifs is 3. The summed E-state index contributed by atoms with van der Waals surface area (Å²) in [5.74, 6) is -1.70. The lowest BCUT2D eigenvalue weighted by atomic mass is 9.96. The van der Waals surface area contributed by atoms with Gasteiger partial charge in [-0.3, -0.25) is 19.2 Å². The van der Waals surface area contributed by atoms with Crippen LogP contribution >= 0.6 is 0 Å². The topological polar surface area (TPSA) is 107 Å². The number of piperidine rings is 1. The van der Waals surface area contributed by atoms with E-state index in [0.29, 0.717) is 45.1 Å². The number of carbonyl (C=O) groups is 5. The zero-order valence-electron chi connectivity index (χ0n) is 24.2. The van der Waals surface area contributed by atoms with Gasteiger partial charge in [0.15, 0.2) is 0 Å². The molecule has 0 aromatic rings. The molecule has 1 amide bonds. The highest BCUT2D eigenvalue weighted by Crippen LogP contribution is 2.25. The van der Waals surface area contributed by atoms with Crippen LogP contribution in [0.15, 0.2) is 48.6 Å². The van der Waals surface area contributed by atoms with Crippen LogP contribution in [-0.4, -0.2) is 65.5 Å². The second-order valence-corrected chi connectivity index (χ2v) is 11.0. The first-order valence-corrected chi connectivity index (χ1v) is 15.3. The molecule has 2 saturated heterocycles. The molecule has 8 heteroatoms. The molecular weight excluding hydrogens is 522 g/mol. The minimum Gasteiger partial charge on any atom is -0.464 e. The van der Waals surface area contributed by atoms with E-state index in [2.05, 4.69) is 12.2 Å². The first-order valence-electron chi connectivity index (χ1n) is 15.3. The molecule has 3 heterocycles. The molecule has 3 unspecified atom stereocenters. The van der Waals surface area contributed by atoms with E-state index >= 15 is 0 Å². The van der Waals surface area contributed by atoms with Crippen LogP contribution in [0.1, 0.15) is 96.3 Å². The Balaban J connectivity index is 1.61. The maximum atomic E-state index is 13.2. The predicted octanol–water partition coefficient (Wildman–Crippen LogP) is 5.31. The van der Waals surface area contributed by atoms with Crippen molar-refractivity contribution >= 4 is 29.2 Å².